The molecule has 0 fully saturated rings. The zero-order valence-electron chi connectivity index (χ0n) is 10.1. The third-order valence-corrected chi connectivity index (χ3v) is 2.39. The summed E-state index contributed by atoms with van der Waals surface area (Å²) in [7, 11) is 0. The maximum Gasteiger partial charge on any atom is 0.244 e. The van der Waals surface area contributed by atoms with Crippen LogP contribution < -0.4 is 11.1 Å². The number of benzene rings is 1. The van der Waals surface area contributed by atoms with E-state index < -0.39 is 0 Å². The monoisotopic (exact) mass is 242 g/mol. The van der Waals surface area contributed by atoms with Crippen molar-refractivity contribution in [2.24, 2.45) is 0 Å². The fraction of sp³-hybridized carbons (Fsp3) is 0.250. The van der Waals surface area contributed by atoms with Gasteiger partial charge in [-0.15, -0.1) is 5.10 Å². The minimum absolute atomic E-state index is 0.295. The Hall–Kier alpha value is -2.55. The lowest BCUT2D eigenvalue weighted by Gasteiger charge is -2.02. The summed E-state index contributed by atoms with van der Waals surface area (Å²) in [6.45, 7) is 2.85. The number of nitrogens with one attached hydrogen (secondary N) is 1. The molecule has 1 aromatic heterocycles. The van der Waals surface area contributed by atoms with Gasteiger partial charge in [-0.25, -0.2) is 0 Å². The summed E-state index contributed by atoms with van der Waals surface area (Å²) in [5.74, 6) is 0.792. The summed E-state index contributed by atoms with van der Waals surface area (Å²) < 4.78 is 1.51. The highest BCUT2D eigenvalue weighted by molar-refractivity contribution is 5.46. The van der Waals surface area contributed by atoms with Crippen molar-refractivity contribution in [3.63, 3.8) is 0 Å². The molecule has 0 unspecified atom stereocenters. The minimum atomic E-state index is 0.295. The molecule has 0 amide bonds. The van der Waals surface area contributed by atoms with Crippen molar-refractivity contribution in [3.05, 3.63) is 29.8 Å². The van der Waals surface area contributed by atoms with Gasteiger partial charge in [0, 0.05) is 6.54 Å². The van der Waals surface area contributed by atoms with Gasteiger partial charge in [-0.05, 0) is 24.6 Å². The number of nitriles is 1. The van der Waals surface area contributed by atoms with Gasteiger partial charge in [0.15, 0.2) is 0 Å². The number of anilines is 2. The molecule has 0 bridgehead atoms. The molecule has 3 N–H and O–H groups in total. The van der Waals surface area contributed by atoms with Crippen LogP contribution in [0.5, 0.6) is 0 Å². The van der Waals surface area contributed by atoms with Crippen LogP contribution >= 0.6 is 0 Å². The van der Waals surface area contributed by atoms with E-state index >= 15 is 0 Å². The smallest absolute Gasteiger partial charge is 0.244 e. The van der Waals surface area contributed by atoms with E-state index in [4.69, 9.17) is 11.0 Å². The van der Waals surface area contributed by atoms with Crippen LogP contribution in [-0.2, 0) is 0 Å². The number of nitrogens with two attached hydrogens (primary N) is 1. The molecule has 0 atom stereocenters. The van der Waals surface area contributed by atoms with E-state index in [1.807, 2.05) is 6.07 Å². The first-order chi connectivity index (χ1) is 8.74. The van der Waals surface area contributed by atoms with Crippen LogP contribution in [0.2, 0.25) is 0 Å². The Morgan fingerprint density at radius 2 is 2.33 bits per heavy atom. The minimum Gasteiger partial charge on any atom is -0.368 e. The van der Waals surface area contributed by atoms with Crippen LogP contribution in [0.4, 0.5) is 11.9 Å². The van der Waals surface area contributed by atoms with E-state index in [1.165, 1.54) is 4.68 Å². The van der Waals surface area contributed by atoms with Crippen molar-refractivity contribution in [1.82, 2.24) is 14.8 Å². The zero-order valence-corrected chi connectivity index (χ0v) is 10.1. The van der Waals surface area contributed by atoms with Crippen LogP contribution in [0.1, 0.15) is 18.9 Å². The molecule has 0 spiro atoms. The number of nitrogens with zero attached hydrogens (tertiary/aromatic N) is 4. The molecular weight excluding hydrogens is 228 g/mol. The standard InChI is InChI=1S/C12H14N6/c1-2-6-15-12-16-11(14)18(17-12)10-5-3-4-9(7-10)8-13/h3-5,7H,2,6H2,1H3,(H3,14,15,16,17). The van der Waals surface area contributed by atoms with Gasteiger partial charge in [-0.2, -0.15) is 14.9 Å². The van der Waals surface area contributed by atoms with Gasteiger partial charge in [0.1, 0.15) is 0 Å². The normalized spacial score (nSPS) is 10.0. The molecule has 1 aromatic carbocycles. The van der Waals surface area contributed by atoms with Crippen LogP contribution in [0.25, 0.3) is 5.69 Å². The van der Waals surface area contributed by atoms with Gasteiger partial charge in [0.05, 0.1) is 17.3 Å². The number of rotatable bonds is 4. The fourth-order valence-corrected chi connectivity index (χ4v) is 1.53. The van der Waals surface area contributed by atoms with E-state index in [1.54, 1.807) is 18.2 Å². The van der Waals surface area contributed by atoms with E-state index in [0.717, 1.165) is 18.7 Å². The predicted molar refractivity (Wildman–Crippen MR) is 69.3 cm³/mol. The summed E-state index contributed by atoms with van der Waals surface area (Å²) >= 11 is 0. The van der Waals surface area contributed by atoms with Crippen molar-refractivity contribution in [3.8, 4) is 11.8 Å². The first-order valence-corrected chi connectivity index (χ1v) is 5.71. The van der Waals surface area contributed by atoms with Crippen LogP contribution in [0, 0.1) is 11.3 Å². The lowest BCUT2D eigenvalue weighted by Crippen LogP contribution is -2.03. The van der Waals surface area contributed by atoms with Gasteiger partial charge >= 0.3 is 0 Å². The van der Waals surface area contributed by atoms with Crippen LogP contribution in [0.3, 0.4) is 0 Å². The van der Waals surface area contributed by atoms with E-state index in [0.29, 0.717) is 17.5 Å². The average molecular weight is 242 g/mol. The molecule has 2 rings (SSSR count). The Balaban J connectivity index is 2.32. The molecule has 0 saturated heterocycles. The highest BCUT2D eigenvalue weighted by Crippen LogP contribution is 2.14. The molecule has 0 aliphatic carbocycles. The Kier molecular flexibility index (Phi) is 3.44. The van der Waals surface area contributed by atoms with E-state index in [9.17, 15) is 0 Å². The molecule has 0 saturated carbocycles. The highest BCUT2D eigenvalue weighted by Gasteiger charge is 2.08. The van der Waals surface area contributed by atoms with Crippen molar-refractivity contribution in [2.75, 3.05) is 17.6 Å². The second kappa shape index (κ2) is 5.19. The Morgan fingerprint density at radius 3 is 3.06 bits per heavy atom. The van der Waals surface area contributed by atoms with E-state index in [-0.39, 0.29) is 0 Å². The fourth-order valence-electron chi connectivity index (χ4n) is 1.53. The van der Waals surface area contributed by atoms with Crippen molar-refractivity contribution >= 4 is 11.9 Å². The molecule has 0 radical (unpaired) electrons. The summed E-state index contributed by atoms with van der Waals surface area (Å²) in [6, 6.07) is 9.14. The summed E-state index contributed by atoms with van der Waals surface area (Å²) in [4.78, 5) is 4.12. The number of aromatic nitrogens is 3. The first-order valence-electron chi connectivity index (χ1n) is 5.71. The third kappa shape index (κ3) is 2.40. The summed E-state index contributed by atoms with van der Waals surface area (Å²) in [5.41, 5.74) is 7.09. The zero-order chi connectivity index (χ0) is 13.0. The molecule has 6 nitrogen and oxygen atoms in total. The van der Waals surface area contributed by atoms with Crippen molar-refractivity contribution < 1.29 is 0 Å². The predicted octanol–water partition coefficient (Wildman–Crippen LogP) is 1.54. The quantitative estimate of drug-likeness (QED) is 0.848. The summed E-state index contributed by atoms with van der Waals surface area (Å²) in [5, 5.41) is 16.2. The molecule has 6 heteroatoms. The lowest BCUT2D eigenvalue weighted by molar-refractivity contribution is 0.880. The van der Waals surface area contributed by atoms with Crippen molar-refractivity contribution in [2.45, 2.75) is 13.3 Å². The maximum absolute atomic E-state index is 8.86. The number of hydrogen-bond acceptors (Lipinski definition) is 5. The van der Waals surface area contributed by atoms with Gasteiger partial charge in [0.25, 0.3) is 0 Å². The topological polar surface area (TPSA) is 92.5 Å². The van der Waals surface area contributed by atoms with Gasteiger partial charge < -0.3 is 11.1 Å². The van der Waals surface area contributed by atoms with Crippen molar-refractivity contribution in [1.29, 1.82) is 5.26 Å². The second-order valence-electron chi connectivity index (χ2n) is 3.79. The molecule has 1 heterocycles. The molecule has 0 aliphatic heterocycles. The van der Waals surface area contributed by atoms with Gasteiger partial charge in [0.2, 0.25) is 11.9 Å². The average Bonchev–Trinajstić information content (AvgIpc) is 2.77. The van der Waals surface area contributed by atoms with Crippen LogP contribution in [-0.4, -0.2) is 21.3 Å². The third-order valence-electron chi connectivity index (χ3n) is 2.39. The van der Waals surface area contributed by atoms with Crippen LogP contribution in [0.15, 0.2) is 24.3 Å². The Morgan fingerprint density at radius 1 is 1.50 bits per heavy atom. The SMILES string of the molecule is CCCNc1nc(N)n(-c2cccc(C#N)c2)n1. The molecule has 18 heavy (non-hydrogen) atoms. The molecule has 0 aliphatic rings. The Bertz CT molecular complexity index is 580. The second-order valence-corrected chi connectivity index (χ2v) is 3.79. The molecule has 92 valence electrons. The van der Waals surface area contributed by atoms with Gasteiger partial charge in [-0.3, -0.25) is 0 Å². The number of nitrogen functional groups attached to an aromatic ring is 1. The largest absolute Gasteiger partial charge is 0.368 e. The van der Waals surface area contributed by atoms with Gasteiger partial charge in [-0.1, -0.05) is 13.0 Å². The molecule has 2 aromatic rings. The highest BCUT2D eigenvalue weighted by atomic mass is 15.4. The molecular formula is C12H14N6. The first kappa shape index (κ1) is 11.9. The Labute approximate surface area is 105 Å². The van der Waals surface area contributed by atoms with E-state index in [2.05, 4.69) is 28.4 Å². The lowest BCUT2D eigenvalue weighted by atomic mass is 10.2. The maximum atomic E-state index is 8.86. The number of hydrogen-bond donors (Lipinski definition) is 2. The summed E-state index contributed by atoms with van der Waals surface area (Å²) in [6.07, 6.45) is 0.984.